The van der Waals surface area contributed by atoms with Gasteiger partial charge in [0, 0.05) is 68.5 Å². The van der Waals surface area contributed by atoms with Gasteiger partial charge in [-0.1, -0.05) is 78.9 Å². The predicted octanol–water partition coefficient (Wildman–Crippen LogP) is 11.6. The number of para-hydroxylation sites is 2. The number of benzene rings is 5. The van der Waals surface area contributed by atoms with Gasteiger partial charge in [0.2, 0.25) is 0 Å². The van der Waals surface area contributed by atoms with E-state index in [1.54, 1.807) is 12.4 Å². The van der Waals surface area contributed by atoms with Crippen LogP contribution in [0.25, 0.3) is 99.7 Å². The van der Waals surface area contributed by atoms with Crippen molar-refractivity contribution in [3.05, 3.63) is 183 Å². The molecule has 6 heteroatoms. The molecule has 0 saturated heterocycles. The maximum Gasteiger partial charge on any atom is 0.137 e. The summed E-state index contributed by atoms with van der Waals surface area (Å²) in [4.78, 5) is 19.1. The van der Waals surface area contributed by atoms with E-state index < -0.39 is 0 Å². The molecule has 0 spiro atoms. The van der Waals surface area contributed by atoms with Crippen LogP contribution in [0.2, 0.25) is 0 Å². The van der Waals surface area contributed by atoms with Crippen LogP contribution in [-0.4, -0.2) is 29.1 Å². The Morgan fingerprint density at radius 1 is 0.407 bits per heavy atom. The molecular formula is C48H30N6. The molecule has 6 nitrogen and oxygen atoms in total. The maximum absolute atomic E-state index is 5.15. The van der Waals surface area contributed by atoms with E-state index in [1.807, 2.05) is 42.7 Å². The summed E-state index contributed by atoms with van der Waals surface area (Å²) in [6.45, 7) is 0. The third-order valence-corrected chi connectivity index (χ3v) is 10.5. The number of nitrogens with zero attached hydrogens (tertiary/aromatic N) is 6. The molecule has 0 amide bonds. The second-order valence-electron chi connectivity index (χ2n) is 13.5. The summed E-state index contributed by atoms with van der Waals surface area (Å²) < 4.78 is 4.73. The summed E-state index contributed by atoms with van der Waals surface area (Å²) in [5.74, 6) is 0.855. The largest absolute Gasteiger partial charge is 0.309 e. The van der Waals surface area contributed by atoms with Crippen LogP contribution in [0.4, 0.5) is 0 Å². The van der Waals surface area contributed by atoms with Crippen molar-refractivity contribution >= 4 is 54.4 Å². The number of hydrogen-bond donors (Lipinski definition) is 0. The van der Waals surface area contributed by atoms with Gasteiger partial charge in [0.1, 0.15) is 5.82 Å². The van der Waals surface area contributed by atoms with Crippen molar-refractivity contribution in [3.63, 3.8) is 0 Å². The third kappa shape index (κ3) is 4.67. The van der Waals surface area contributed by atoms with E-state index in [2.05, 4.69) is 146 Å². The average molecular weight is 691 g/mol. The monoisotopic (exact) mass is 690 g/mol. The van der Waals surface area contributed by atoms with Gasteiger partial charge in [0.15, 0.2) is 0 Å². The number of fused-ring (bicyclic) bond motifs is 9. The summed E-state index contributed by atoms with van der Waals surface area (Å²) in [6, 6.07) is 55.5. The van der Waals surface area contributed by atoms with Crippen LogP contribution in [0.15, 0.2) is 183 Å². The molecule has 6 aromatic heterocycles. The molecule has 11 rings (SSSR count). The Kier molecular flexibility index (Phi) is 6.75. The van der Waals surface area contributed by atoms with Crippen LogP contribution in [0.3, 0.4) is 0 Å². The zero-order chi connectivity index (χ0) is 35.6. The van der Waals surface area contributed by atoms with Crippen LogP contribution in [0.1, 0.15) is 0 Å². The van der Waals surface area contributed by atoms with E-state index in [-0.39, 0.29) is 0 Å². The average Bonchev–Trinajstić information content (AvgIpc) is 3.78. The molecule has 0 N–H and O–H groups in total. The van der Waals surface area contributed by atoms with Crippen molar-refractivity contribution in [1.29, 1.82) is 0 Å². The van der Waals surface area contributed by atoms with Crippen molar-refractivity contribution in [2.24, 2.45) is 0 Å². The highest BCUT2D eigenvalue weighted by Crippen LogP contribution is 2.44. The maximum atomic E-state index is 5.15. The highest BCUT2D eigenvalue weighted by atomic mass is 15.1. The summed E-state index contributed by atoms with van der Waals surface area (Å²) in [6.07, 6.45) is 7.38. The van der Waals surface area contributed by atoms with Gasteiger partial charge < -0.3 is 4.57 Å². The lowest BCUT2D eigenvalue weighted by atomic mass is 10.0. The summed E-state index contributed by atoms with van der Waals surface area (Å²) in [7, 11) is 0. The van der Waals surface area contributed by atoms with Gasteiger partial charge in [0.25, 0.3) is 0 Å². The van der Waals surface area contributed by atoms with Gasteiger partial charge in [0.05, 0.1) is 39.1 Å². The molecular weight excluding hydrogens is 661 g/mol. The molecule has 0 saturated carbocycles. The van der Waals surface area contributed by atoms with Crippen molar-refractivity contribution in [3.8, 4) is 45.3 Å². The van der Waals surface area contributed by atoms with Gasteiger partial charge in [-0.05, 0) is 89.8 Å². The van der Waals surface area contributed by atoms with E-state index >= 15 is 0 Å². The molecule has 0 unspecified atom stereocenters. The Labute approximate surface area is 310 Å². The van der Waals surface area contributed by atoms with Crippen LogP contribution in [0.5, 0.6) is 0 Å². The number of pyridine rings is 4. The Morgan fingerprint density at radius 3 is 2.00 bits per heavy atom. The smallest absolute Gasteiger partial charge is 0.137 e. The number of rotatable bonds is 5. The Bertz CT molecular complexity index is 3130. The fourth-order valence-electron chi connectivity index (χ4n) is 8.11. The Hall–Kier alpha value is -7.44. The summed E-state index contributed by atoms with van der Waals surface area (Å²) in [5.41, 5.74) is 11.1. The van der Waals surface area contributed by atoms with Crippen molar-refractivity contribution < 1.29 is 0 Å². The summed E-state index contributed by atoms with van der Waals surface area (Å²) >= 11 is 0. The van der Waals surface area contributed by atoms with Crippen LogP contribution in [0, 0.1) is 0 Å². The fraction of sp³-hybridized carbons (Fsp3) is 0. The van der Waals surface area contributed by atoms with Gasteiger partial charge in [-0.3, -0.25) is 14.5 Å². The molecule has 0 fully saturated rings. The molecule has 0 radical (unpaired) electrons. The second-order valence-corrected chi connectivity index (χ2v) is 13.5. The minimum absolute atomic E-state index is 0.796. The molecule has 6 heterocycles. The molecule has 0 aliphatic carbocycles. The minimum Gasteiger partial charge on any atom is -0.309 e. The van der Waals surface area contributed by atoms with E-state index in [1.165, 1.54) is 43.4 Å². The molecule has 0 aliphatic heterocycles. The molecule has 11 aromatic rings. The standard InChI is InChI=1S/C48H30N6/c1-2-13-35(14-3-1)53-43-22-23-44-46(47(43)38-21-19-31-11-4-5-15-36(31)48(38)53)37-16-6-7-18-42(37)54(44)45-24-20-32(30-51-45)34-27-40(33-12-10-25-49-29-33)52-41(28-34)39-17-8-9-26-50-39/h1-30H. The van der Waals surface area contributed by atoms with E-state index in [0.717, 1.165) is 56.3 Å². The van der Waals surface area contributed by atoms with Gasteiger partial charge in [-0.25, -0.2) is 9.97 Å². The highest BCUT2D eigenvalue weighted by Gasteiger charge is 2.22. The van der Waals surface area contributed by atoms with E-state index in [0.29, 0.717) is 0 Å². The summed E-state index contributed by atoms with van der Waals surface area (Å²) in [5, 5.41) is 7.35. The highest BCUT2D eigenvalue weighted by molar-refractivity contribution is 6.31. The Balaban J connectivity index is 1.13. The first-order valence-corrected chi connectivity index (χ1v) is 18.0. The first-order valence-electron chi connectivity index (χ1n) is 18.0. The topological polar surface area (TPSA) is 61.4 Å². The molecule has 54 heavy (non-hydrogen) atoms. The molecule has 252 valence electrons. The van der Waals surface area contributed by atoms with Crippen LogP contribution >= 0.6 is 0 Å². The normalized spacial score (nSPS) is 11.7. The quantitative estimate of drug-likeness (QED) is 0.180. The lowest BCUT2D eigenvalue weighted by Crippen LogP contribution is -1.98. The lowest BCUT2D eigenvalue weighted by molar-refractivity contribution is 1.08. The van der Waals surface area contributed by atoms with Gasteiger partial charge >= 0.3 is 0 Å². The number of hydrogen-bond acceptors (Lipinski definition) is 4. The zero-order valence-electron chi connectivity index (χ0n) is 29.0. The minimum atomic E-state index is 0.796. The lowest BCUT2D eigenvalue weighted by Gasteiger charge is -2.11. The SMILES string of the molecule is c1ccc(-n2c3ccc4c(c5ccccc5n4-c4ccc(-c5cc(-c6cccnc6)nc(-c6ccccn6)c5)cn4)c3c3ccc4ccccc4c32)cc1. The van der Waals surface area contributed by atoms with Crippen LogP contribution in [-0.2, 0) is 0 Å². The van der Waals surface area contributed by atoms with Gasteiger partial charge in [-0.15, -0.1) is 0 Å². The number of aromatic nitrogens is 6. The van der Waals surface area contributed by atoms with Crippen molar-refractivity contribution in [2.45, 2.75) is 0 Å². The van der Waals surface area contributed by atoms with Gasteiger partial charge in [-0.2, -0.15) is 0 Å². The van der Waals surface area contributed by atoms with Crippen molar-refractivity contribution in [2.75, 3.05) is 0 Å². The fourth-order valence-corrected chi connectivity index (χ4v) is 8.11. The van der Waals surface area contributed by atoms with E-state index in [9.17, 15) is 0 Å². The van der Waals surface area contributed by atoms with Crippen molar-refractivity contribution in [1.82, 2.24) is 29.1 Å². The zero-order valence-corrected chi connectivity index (χ0v) is 29.0. The Morgan fingerprint density at radius 2 is 1.19 bits per heavy atom. The molecule has 0 bridgehead atoms. The first kappa shape index (κ1) is 30.2. The second kappa shape index (κ2) is 12.1. The predicted molar refractivity (Wildman–Crippen MR) is 220 cm³/mol. The molecule has 5 aromatic carbocycles. The molecule has 0 atom stereocenters. The van der Waals surface area contributed by atoms with Crippen LogP contribution < -0.4 is 0 Å². The van der Waals surface area contributed by atoms with E-state index in [4.69, 9.17) is 9.97 Å². The third-order valence-electron chi connectivity index (χ3n) is 10.5. The molecule has 0 aliphatic rings. The first-order chi connectivity index (χ1) is 26.8.